The van der Waals surface area contributed by atoms with Crippen LogP contribution in [0.3, 0.4) is 0 Å². The van der Waals surface area contributed by atoms with E-state index >= 15 is 0 Å². The molecule has 0 unspecified atom stereocenters. The molecule has 0 spiro atoms. The molecular weight excluding hydrogens is 212 g/mol. The molecule has 4 N–H and O–H groups in total. The molecule has 0 atom stereocenters. The van der Waals surface area contributed by atoms with Crippen molar-refractivity contribution >= 4 is 11.8 Å². The maximum Gasteiger partial charge on any atom is 0.239 e. The molecule has 2 amide bonds. The molecule has 0 aromatic carbocycles. The summed E-state index contributed by atoms with van der Waals surface area (Å²) in [6, 6.07) is 0. The maximum atomic E-state index is 11.2. The molecule has 0 bridgehead atoms. The second-order valence-electron chi connectivity index (χ2n) is 3.00. The molecule has 88 valence electrons. The summed E-state index contributed by atoms with van der Waals surface area (Å²) in [5, 5.41) is 12.3. The lowest BCUT2D eigenvalue weighted by Gasteiger charge is -2.05. The highest BCUT2D eigenvalue weighted by Gasteiger charge is 2.02. The molecular formula is C8H14N6O2. The van der Waals surface area contributed by atoms with Gasteiger partial charge in [0.2, 0.25) is 11.8 Å². The van der Waals surface area contributed by atoms with Crippen LogP contribution in [0.2, 0.25) is 0 Å². The quantitative estimate of drug-likeness (QED) is 0.494. The third kappa shape index (κ3) is 4.51. The fourth-order valence-electron chi connectivity index (χ4n) is 0.975. The van der Waals surface area contributed by atoms with Gasteiger partial charge in [-0.3, -0.25) is 14.3 Å². The molecule has 0 fully saturated rings. The van der Waals surface area contributed by atoms with Gasteiger partial charge in [-0.1, -0.05) is 5.21 Å². The van der Waals surface area contributed by atoms with Gasteiger partial charge >= 0.3 is 0 Å². The Labute approximate surface area is 92.2 Å². The molecule has 8 nitrogen and oxygen atoms in total. The predicted molar refractivity (Wildman–Crippen MR) is 55.1 cm³/mol. The first-order valence-corrected chi connectivity index (χ1v) is 4.80. The molecule has 1 heterocycles. The summed E-state index contributed by atoms with van der Waals surface area (Å²) in [4.78, 5) is 21.9. The molecule has 0 aliphatic rings. The number of amides is 2. The zero-order chi connectivity index (χ0) is 11.8. The number of nitrogens with one attached hydrogen (secondary N) is 2. The molecule has 0 saturated carbocycles. The molecule has 1 aromatic heterocycles. The van der Waals surface area contributed by atoms with Crippen LogP contribution in [-0.4, -0.2) is 46.4 Å². The predicted octanol–water partition coefficient (Wildman–Crippen LogP) is -2.53. The average molecular weight is 226 g/mol. The Bertz CT molecular complexity index is 336. The number of aromatic nitrogens is 3. The Morgan fingerprint density at radius 3 is 2.75 bits per heavy atom. The lowest BCUT2D eigenvalue weighted by molar-refractivity contribution is -0.125. The number of nitrogens with two attached hydrogens (primary N) is 1. The Morgan fingerprint density at radius 2 is 2.12 bits per heavy atom. The summed E-state index contributed by atoms with van der Waals surface area (Å²) in [6.07, 6.45) is 3.26. The van der Waals surface area contributed by atoms with Crippen molar-refractivity contribution in [1.29, 1.82) is 0 Å². The van der Waals surface area contributed by atoms with Crippen molar-refractivity contribution in [3.05, 3.63) is 12.4 Å². The normalized spacial score (nSPS) is 9.81. The van der Waals surface area contributed by atoms with Gasteiger partial charge in [-0.05, 0) is 0 Å². The van der Waals surface area contributed by atoms with E-state index in [4.69, 9.17) is 5.73 Å². The molecule has 0 saturated heterocycles. The first kappa shape index (κ1) is 12.1. The molecule has 0 aliphatic carbocycles. The highest BCUT2D eigenvalue weighted by Crippen LogP contribution is 1.78. The zero-order valence-electron chi connectivity index (χ0n) is 8.72. The Morgan fingerprint density at radius 1 is 1.31 bits per heavy atom. The second kappa shape index (κ2) is 6.51. The van der Waals surface area contributed by atoms with E-state index in [-0.39, 0.29) is 24.9 Å². The Balaban J connectivity index is 2.09. The third-order valence-corrected chi connectivity index (χ3v) is 1.77. The van der Waals surface area contributed by atoms with E-state index in [0.717, 1.165) is 0 Å². The standard InChI is InChI=1S/C8H14N6O2/c9-5-7(15)11-6-8(16)10-1-3-14-4-2-12-13-14/h2,4H,1,3,5-6,9H2,(H,10,16)(H,11,15). The molecule has 1 aromatic rings. The summed E-state index contributed by atoms with van der Waals surface area (Å²) in [6.45, 7) is 0.789. The van der Waals surface area contributed by atoms with E-state index in [1.54, 1.807) is 17.1 Å². The van der Waals surface area contributed by atoms with Crippen molar-refractivity contribution in [2.75, 3.05) is 19.6 Å². The van der Waals surface area contributed by atoms with E-state index < -0.39 is 0 Å². The molecule has 16 heavy (non-hydrogen) atoms. The van der Waals surface area contributed by atoms with Crippen molar-refractivity contribution in [2.24, 2.45) is 5.73 Å². The van der Waals surface area contributed by atoms with Crippen molar-refractivity contribution in [3.63, 3.8) is 0 Å². The second-order valence-corrected chi connectivity index (χ2v) is 3.00. The van der Waals surface area contributed by atoms with E-state index in [0.29, 0.717) is 13.1 Å². The molecule has 0 radical (unpaired) electrons. The van der Waals surface area contributed by atoms with Crippen LogP contribution in [0.25, 0.3) is 0 Å². The van der Waals surface area contributed by atoms with E-state index in [1.807, 2.05) is 0 Å². The minimum absolute atomic E-state index is 0.0621. The van der Waals surface area contributed by atoms with Crippen LogP contribution in [0.4, 0.5) is 0 Å². The Hall–Kier alpha value is -1.96. The van der Waals surface area contributed by atoms with E-state index in [2.05, 4.69) is 20.9 Å². The van der Waals surface area contributed by atoms with Crippen LogP contribution in [-0.2, 0) is 16.1 Å². The topological polar surface area (TPSA) is 115 Å². The summed E-state index contributed by atoms with van der Waals surface area (Å²) in [5.74, 6) is -0.617. The first-order valence-electron chi connectivity index (χ1n) is 4.80. The monoisotopic (exact) mass is 226 g/mol. The van der Waals surface area contributed by atoms with Crippen molar-refractivity contribution < 1.29 is 9.59 Å². The van der Waals surface area contributed by atoms with Crippen LogP contribution in [0.15, 0.2) is 12.4 Å². The lowest BCUT2D eigenvalue weighted by Crippen LogP contribution is -2.40. The Kier molecular flexibility index (Phi) is 4.93. The molecule has 1 rings (SSSR count). The molecule has 8 heteroatoms. The van der Waals surface area contributed by atoms with Gasteiger partial charge in [-0.2, -0.15) is 0 Å². The van der Waals surface area contributed by atoms with Crippen LogP contribution >= 0.6 is 0 Å². The van der Waals surface area contributed by atoms with Gasteiger partial charge in [0.15, 0.2) is 0 Å². The summed E-state index contributed by atoms with van der Waals surface area (Å²) in [7, 11) is 0. The number of hydrogen-bond donors (Lipinski definition) is 3. The third-order valence-electron chi connectivity index (χ3n) is 1.77. The SMILES string of the molecule is NCC(=O)NCC(=O)NCCn1ccnn1. The first-order chi connectivity index (χ1) is 7.72. The van der Waals surface area contributed by atoms with Crippen LogP contribution in [0, 0.1) is 0 Å². The van der Waals surface area contributed by atoms with Gasteiger partial charge in [0, 0.05) is 12.7 Å². The highest BCUT2D eigenvalue weighted by atomic mass is 16.2. The minimum atomic E-state index is -0.355. The number of nitrogens with zero attached hydrogens (tertiary/aromatic N) is 3. The smallest absolute Gasteiger partial charge is 0.239 e. The minimum Gasteiger partial charge on any atom is -0.353 e. The van der Waals surface area contributed by atoms with Crippen molar-refractivity contribution in [1.82, 2.24) is 25.6 Å². The van der Waals surface area contributed by atoms with Crippen LogP contribution < -0.4 is 16.4 Å². The van der Waals surface area contributed by atoms with Crippen molar-refractivity contribution in [2.45, 2.75) is 6.54 Å². The summed E-state index contributed by atoms with van der Waals surface area (Å²) < 4.78 is 1.60. The largest absolute Gasteiger partial charge is 0.353 e. The van der Waals surface area contributed by atoms with Crippen LogP contribution in [0.1, 0.15) is 0 Å². The van der Waals surface area contributed by atoms with Gasteiger partial charge in [0.1, 0.15) is 0 Å². The fraction of sp³-hybridized carbons (Fsp3) is 0.500. The van der Waals surface area contributed by atoms with Gasteiger partial charge in [-0.15, -0.1) is 5.10 Å². The number of carbonyl (C=O) groups excluding carboxylic acids is 2. The van der Waals surface area contributed by atoms with Gasteiger partial charge < -0.3 is 16.4 Å². The van der Waals surface area contributed by atoms with Crippen LogP contribution in [0.5, 0.6) is 0 Å². The maximum absolute atomic E-state index is 11.2. The van der Waals surface area contributed by atoms with Gasteiger partial charge in [0.05, 0.1) is 25.8 Å². The van der Waals surface area contributed by atoms with Crippen molar-refractivity contribution in [3.8, 4) is 0 Å². The lowest BCUT2D eigenvalue weighted by atomic mass is 10.5. The number of carbonyl (C=O) groups is 2. The number of hydrogen-bond acceptors (Lipinski definition) is 5. The average Bonchev–Trinajstić information content (AvgIpc) is 2.79. The highest BCUT2D eigenvalue weighted by molar-refractivity contribution is 5.85. The number of rotatable bonds is 6. The van der Waals surface area contributed by atoms with E-state index in [9.17, 15) is 9.59 Å². The summed E-state index contributed by atoms with van der Waals surface area (Å²) >= 11 is 0. The fourth-order valence-corrected chi connectivity index (χ4v) is 0.975. The summed E-state index contributed by atoms with van der Waals surface area (Å²) in [5.41, 5.74) is 5.06. The molecule has 0 aliphatic heterocycles. The van der Waals surface area contributed by atoms with Gasteiger partial charge in [0.25, 0.3) is 0 Å². The van der Waals surface area contributed by atoms with Gasteiger partial charge in [-0.25, -0.2) is 0 Å². The zero-order valence-corrected chi connectivity index (χ0v) is 8.72. The van der Waals surface area contributed by atoms with E-state index in [1.165, 1.54) is 0 Å².